The smallest absolute Gasteiger partial charge is 0.267 e. The first-order valence-corrected chi connectivity index (χ1v) is 8.86. The predicted molar refractivity (Wildman–Crippen MR) is 103 cm³/mol. The normalized spacial score (nSPS) is 12.0. The highest BCUT2D eigenvalue weighted by Crippen LogP contribution is 2.32. The zero-order valence-corrected chi connectivity index (χ0v) is 15.4. The first-order chi connectivity index (χ1) is 13.6. The topological polar surface area (TPSA) is 73.7 Å². The van der Waals surface area contributed by atoms with Crippen molar-refractivity contribution in [2.75, 3.05) is 13.8 Å². The van der Waals surface area contributed by atoms with E-state index in [2.05, 4.69) is 5.10 Å². The average Bonchev–Trinajstić information content (AvgIpc) is 3.18. The number of hydrogen-bond donors (Lipinski definition) is 0. The predicted octanol–water partition coefficient (Wildman–Crippen LogP) is 2.30. The number of benzene rings is 2. The lowest BCUT2D eigenvalue weighted by molar-refractivity contribution is -0.131. The van der Waals surface area contributed by atoms with Crippen LogP contribution in [0.15, 0.2) is 65.5 Å². The van der Waals surface area contributed by atoms with Crippen molar-refractivity contribution < 1.29 is 14.3 Å². The van der Waals surface area contributed by atoms with Crippen LogP contribution in [0.25, 0.3) is 11.3 Å². The van der Waals surface area contributed by atoms with E-state index in [1.807, 2.05) is 48.5 Å². The second kappa shape index (κ2) is 7.56. The number of carbonyl (C=O) groups is 1. The molecule has 0 fully saturated rings. The molecule has 0 saturated heterocycles. The van der Waals surface area contributed by atoms with Gasteiger partial charge in [-0.05, 0) is 23.8 Å². The molecule has 2 aromatic carbocycles. The molecule has 0 saturated carbocycles. The number of carbonyl (C=O) groups excluding carboxylic acids is 1. The lowest BCUT2D eigenvalue weighted by Crippen LogP contribution is -2.34. The Kier molecular flexibility index (Phi) is 4.80. The first kappa shape index (κ1) is 17.8. The van der Waals surface area contributed by atoms with E-state index in [0.717, 1.165) is 11.1 Å². The molecule has 0 N–H and O–H groups in total. The molecule has 1 aromatic heterocycles. The molecule has 1 aliphatic rings. The Morgan fingerprint density at radius 1 is 1.07 bits per heavy atom. The maximum Gasteiger partial charge on any atom is 0.267 e. The van der Waals surface area contributed by atoms with Crippen LogP contribution in [0, 0.1) is 0 Å². The molecule has 3 aromatic rings. The highest BCUT2D eigenvalue weighted by Gasteiger charge is 2.16. The lowest BCUT2D eigenvalue weighted by Gasteiger charge is -2.18. The maximum absolute atomic E-state index is 12.6. The van der Waals surface area contributed by atoms with Gasteiger partial charge >= 0.3 is 0 Å². The van der Waals surface area contributed by atoms with Crippen LogP contribution >= 0.6 is 0 Å². The molecule has 7 heteroatoms. The minimum absolute atomic E-state index is 0.124. The van der Waals surface area contributed by atoms with Crippen LogP contribution in [0.2, 0.25) is 0 Å². The third-order valence-corrected chi connectivity index (χ3v) is 4.50. The molecule has 0 spiro atoms. The summed E-state index contributed by atoms with van der Waals surface area (Å²) in [4.78, 5) is 26.3. The van der Waals surface area contributed by atoms with E-state index in [1.54, 1.807) is 18.0 Å². The van der Waals surface area contributed by atoms with Crippen LogP contribution in [0.1, 0.15) is 5.56 Å². The molecule has 1 aliphatic heterocycles. The van der Waals surface area contributed by atoms with Gasteiger partial charge in [0.1, 0.15) is 6.54 Å². The summed E-state index contributed by atoms with van der Waals surface area (Å²) >= 11 is 0. The van der Waals surface area contributed by atoms with Crippen LogP contribution in [-0.4, -0.2) is 34.4 Å². The maximum atomic E-state index is 12.6. The summed E-state index contributed by atoms with van der Waals surface area (Å²) in [6.07, 6.45) is 0. The largest absolute Gasteiger partial charge is 0.454 e. The Bertz CT molecular complexity index is 1060. The van der Waals surface area contributed by atoms with Gasteiger partial charge in [0.15, 0.2) is 11.5 Å². The van der Waals surface area contributed by atoms with Gasteiger partial charge in [-0.1, -0.05) is 36.4 Å². The van der Waals surface area contributed by atoms with Crippen LogP contribution in [0.5, 0.6) is 11.5 Å². The summed E-state index contributed by atoms with van der Waals surface area (Å²) in [6.45, 7) is 0.475. The lowest BCUT2D eigenvalue weighted by atomic mass is 10.1. The van der Waals surface area contributed by atoms with Gasteiger partial charge in [-0.2, -0.15) is 5.10 Å². The van der Waals surface area contributed by atoms with E-state index < -0.39 is 0 Å². The highest BCUT2D eigenvalue weighted by atomic mass is 16.7. The van der Waals surface area contributed by atoms with Crippen LogP contribution in [-0.2, 0) is 17.9 Å². The third kappa shape index (κ3) is 3.73. The van der Waals surface area contributed by atoms with E-state index in [9.17, 15) is 9.59 Å². The number of amides is 1. The molecule has 0 atom stereocenters. The van der Waals surface area contributed by atoms with Crippen molar-refractivity contribution in [2.45, 2.75) is 13.1 Å². The molecule has 4 rings (SSSR count). The van der Waals surface area contributed by atoms with Gasteiger partial charge in [0.25, 0.3) is 5.56 Å². The Hall–Kier alpha value is -3.61. The van der Waals surface area contributed by atoms with Crippen molar-refractivity contribution in [1.29, 1.82) is 0 Å². The third-order valence-electron chi connectivity index (χ3n) is 4.50. The van der Waals surface area contributed by atoms with Crippen molar-refractivity contribution >= 4 is 5.91 Å². The summed E-state index contributed by atoms with van der Waals surface area (Å²) in [5.74, 6) is 1.16. The van der Waals surface area contributed by atoms with Gasteiger partial charge in [0.2, 0.25) is 12.7 Å². The fourth-order valence-corrected chi connectivity index (χ4v) is 2.98. The number of nitrogens with zero attached hydrogens (tertiary/aromatic N) is 3. The summed E-state index contributed by atoms with van der Waals surface area (Å²) in [7, 11) is 1.69. The minimum atomic E-state index is -0.315. The fourth-order valence-electron chi connectivity index (χ4n) is 2.98. The molecule has 1 amide bonds. The van der Waals surface area contributed by atoms with Crippen molar-refractivity contribution in [3.63, 3.8) is 0 Å². The molecule has 0 bridgehead atoms. The number of hydrogen-bond acceptors (Lipinski definition) is 5. The van der Waals surface area contributed by atoms with Crippen molar-refractivity contribution in [3.8, 4) is 22.8 Å². The van der Waals surface area contributed by atoms with Gasteiger partial charge in [0, 0.05) is 25.2 Å². The van der Waals surface area contributed by atoms with Crippen molar-refractivity contribution in [3.05, 3.63) is 76.6 Å². The molecule has 0 radical (unpaired) electrons. The van der Waals surface area contributed by atoms with E-state index in [-0.39, 0.29) is 24.8 Å². The summed E-state index contributed by atoms with van der Waals surface area (Å²) < 4.78 is 11.9. The Morgan fingerprint density at radius 2 is 1.86 bits per heavy atom. The Labute approximate surface area is 161 Å². The molecule has 0 unspecified atom stereocenters. The zero-order valence-electron chi connectivity index (χ0n) is 15.4. The van der Waals surface area contributed by atoms with Crippen LogP contribution < -0.4 is 15.0 Å². The SMILES string of the molecule is CN(Cc1ccc2c(c1)OCO2)C(=O)Cn1nc(-c2ccccc2)ccc1=O. The van der Waals surface area contributed by atoms with E-state index in [0.29, 0.717) is 23.7 Å². The van der Waals surface area contributed by atoms with Gasteiger partial charge < -0.3 is 14.4 Å². The average molecular weight is 377 g/mol. The summed E-state index contributed by atoms with van der Waals surface area (Å²) in [5.41, 5.74) is 2.13. The second-order valence-corrected chi connectivity index (χ2v) is 6.52. The minimum Gasteiger partial charge on any atom is -0.454 e. The van der Waals surface area contributed by atoms with Crippen molar-refractivity contribution in [1.82, 2.24) is 14.7 Å². The van der Waals surface area contributed by atoms with Gasteiger partial charge in [-0.15, -0.1) is 0 Å². The number of fused-ring (bicyclic) bond motifs is 1. The molecule has 7 nitrogen and oxygen atoms in total. The van der Waals surface area contributed by atoms with Gasteiger partial charge in [-0.3, -0.25) is 9.59 Å². The second-order valence-electron chi connectivity index (χ2n) is 6.52. The van der Waals surface area contributed by atoms with Gasteiger partial charge in [0.05, 0.1) is 5.69 Å². The zero-order chi connectivity index (χ0) is 19.5. The van der Waals surface area contributed by atoms with Crippen LogP contribution in [0.4, 0.5) is 0 Å². The molecule has 0 aliphatic carbocycles. The van der Waals surface area contributed by atoms with Crippen molar-refractivity contribution in [2.24, 2.45) is 0 Å². The summed E-state index contributed by atoms with van der Waals surface area (Å²) in [5, 5.41) is 4.34. The number of aromatic nitrogens is 2. The molecule has 2 heterocycles. The molecular weight excluding hydrogens is 358 g/mol. The Balaban J connectivity index is 1.48. The fraction of sp³-hybridized carbons (Fsp3) is 0.190. The van der Waals surface area contributed by atoms with Gasteiger partial charge in [-0.25, -0.2) is 4.68 Å². The number of likely N-dealkylation sites (N-methyl/N-ethyl adjacent to an activating group) is 1. The molecule has 142 valence electrons. The molecule has 28 heavy (non-hydrogen) atoms. The van der Waals surface area contributed by atoms with Crippen LogP contribution in [0.3, 0.4) is 0 Å². The van der Waals surface area contributed by atoms with E-state index in [1.165, 1.54) is 10.7 Å². The Morgan fingerprint density at radius 3 is 2.68 bits per heavy atom. The quantitative estimate of drug-likeness (QED) is 0.682. The standard InChI is InChI=1S/C21H19N3O4/c1-23(12-15-7-9-18-19(11-15)28-14-27-18)21(26)13-24-20(25)10-8-17(22-24)16-5-3-2-4-6-16/h2-11H,12-14H2,1H3. The summed E-state index contributed by atoms with van der Waals surface area (Å²) in [6, 6.07) is 18.2. The van der Waals surface area contributed by atoms with E-state index >= 15 is 0 Å². The number of rotatable bonds is 5. The first-order valence-electron chi connectivity index (χ1n) is 8.86. The molecular formula is C21H19N3O4. The number of ether oxygens (including phenoxy) is 2. The highest BCUT2D eigenvalue weighted by molar-refractivity contribution is 5.75. The monoisotopic (exact) mass is 377 g/mol. The van der Waals surface area contributed by atoms with E-state index in [4.69, 9.17) is 9.47 Å².